The van der Waals surface area contributed by atoms with Crippen LogP contribution in [0.15, 0.2) is 23.5 Å². The Hall–Kier alpha value is -1.05. The van der Waals surface area contributed by atoms with E-state index in [1.54, 1.807) is 0 Å². The first-order valence-corrected chi connectivity index (χ1v) is 6.96. The Labute approximate surface area is 104 Å². The summed E-state index contributed by atoms with van der Waals surface area (Å²) in [4.78, 5) is 12.0. The second-order valence-corrected chi connectivity index (χ2v) is 4.99. The molecule has 0 heterocycles. The van der Waals surface area contributed by atoms with Crippen molar-refractivity contribution in [2.45, 2.75) is 64.2 Å². The predicted octanol–water partition coefficient (Wildman–Crippen LogP) is 4.27. The molecular formula is C15H22O2. The molecule has 94 valence electrons. The van der Waals surface area contributed by atoms with E-state index in [9.17, 15) is 4.79 Å². The fourth-order valence-electron chi connectivity index (χ4n) is 2.46. The topological polar surface area (TPSA) is 26.3 Å². The van der Waals surface area contributed by atoms with Crippen molar-refractivity contribution in [1.29, 1.82) is 0 Å². The standard InChI is InChI=1S/C15H22O2/c16-15(13-9-5-1-2-6-10-13)17-14-11-7-3-4-8-12-14/h9,11H,1-8,10,12H2. The molecule has 0 amide bonds. The van der Waals surface area contributed by atoms with Crippen LogP contribution < -0.4 is 0 Å². The maximum absolute atomic E-state index is 12.0. The van der Waals surface area contributed by atoms with Crippen molar-refractivity contribution in [2.75, 3.05) is 0 Å². The van der Waals surface area contributed by atoms with Crippen LogP contribution in [0.4, 0.5) is 0 Å². The number of carbonyl (C=O) groups excluding carboxylic acids is 1. The molecule has 0 radical (unpaired) electrons. The summed E-state index contributed by atoms with van der Waals surface area (Å²) in [5.74, 6) is 0.803. The molecule has 0 spiro atoms. The quantitative estimate of drug-likeness (QED) is 0.667. The third-order valence-corrected chi connectivity index (χ3v) is 3.53. The highest BCUT2D eigenvalue weighted by atomic mass is 16.5. The van der Waals surface area contributed by atoms with Crippen molar-refractivity contribution in [3.05, 3.63) is 23.5 Å². The highest BCUT2D eigenvalue weighted by Gasteiger charge is 2.15. The smallest absolute Gasteiger partial charge is 0.338 e. The third kappa shape index (κ3) is 4.03. The third-order valence-electron chi connectivity index (χ3n) is 3.53. The molecule has 0 unspecified atom stereocenters. The van der Waals surface area contributed by atoms with Gasteiger partial charge in [0.25, 0.3) is 0 Å². The normalized spacial score (nSPS) is 21.9. The van der Waals surface area contributed by atoms with Crippen molar-refractivity contribution in [2.24, 2.45) is 0 Å². The van der Waals surface area contributed by atoms with Crippen LogP contribution in [0.1, 0.15) is 64.2 Å². The first-order valence-electron chi connectivity index (χ1n) is 6.96. The molecule has 2 heteroatoms. The van der Waals surface area contributed by atoms with E-state index in [0.29, 0.717) is 0 Å². The Balaban J connectivity index is 1.90. The van der Waals surface area contributed by atoms with Crippen molar-refractivity contribution in [1.82, 2.24) is 0 Å². The lowest BCUT2D eigenvalue weighted by Crippen LogP contribution is -2.07. The summed E-state index contributed by atoms with van der Waals surface area (Å²) in [6.07, 6.45) is 15.3. The highest BCUT2D eigenvalue weighted by molar-refractivity contribution is 5.89. The molecule has 0 atom stereocenters. The second-order valence-electron chi connectivity index (χ2n) is 4.99. The van der Waals surface area contributed by atoms with Gasteiger partial charge in [0.2, 0.25) is 0 Å². The van der Waals surface area contributed by atoms with Gasteiger partial charge in [-0.3, -0.25) is 0 Å². The summed E-state index contributed by atoms with van der Waals surface area (Å²) in [6.45, 7) is 0. The Bertz CT molecular complexity index is 326. The number of rotatable bonds is 2. The first kappa shape index (κ1) is 12.4. The number of hydrogen-bond acceptors (Lipinski definition) is 2. The molecule has 0 aromatic heterocycles. The van der Waals surface area contributed by atoms with Crippen molar-refractivity contribution >= 4 is 5.97 Å². The van der Waals surface area contributed by atoms with Gasteiger partial charge in [0.15, 0.2) is 0 Å². The number of esters is 1. The Kier molecular flexibility index (Phi) is 4.84. The summed E-state index contributed by atoms with van der Waals surface area (Å²) in [7, 11) is 0. The zero-order chi connectivity index (χ0) is 11.9. The van der Waals surface area contributed by atoms with E-state index in [1.807, 2.05) is 0 Å². The lowest BCUT2D eigenvalue weighted by Gasteiger charge is -2.09. The van der Waals surface area contributed by atoms with Crippen LogP contribution in [-0.4, -0.2) is 5.97 Å². The Morgan fingerprint density at radius 3 is 2.41 bits per heavy atom. The van der Waals surface area contributed by atoms with E-state index in [2.05, 4.69) is 12.2 Å². The molecule has 2 rings (SSSR count). The molecule has 0 aromatic carbocycles. The molecule has 2 aliphatic carbocycles. The fourth-order valence-corrected chi connectivity index (χ4v) is 2.46. The molecule has 0 fully saturated rings. The van der Waals surface area contributed by atoms with E-state index in [0.717, 1.165) is 49.9 Å². The second kappa shape index (κ2) is 6.63. The monoisotopic (exact) mass is 234 g/mol. The van der Waals surface area contributed by atoms with Gasteiger partial charge in [-0.1, -0.05) is 18.9 Å². The van der Waals surface area contributed by atoms with Gasteiger partial charge >= 0.3 is 5.97 Å². The molecule has 0 aromatic rings. The maximum Gasteiger partial charge on any atom is 0.338 e. The van der Waals surface area contributed by atoms with Crippen LogP contribution in [0.25, 0.3) is 0 Å². The Morgan fingerprint density at radius 2 is 1.59 bits per heavy atom. The minimum atomic E-state index is -0.0972. The lowest BCUT2D eigenvalue weighted by atomic mass is 10.1. The van der Waals surface area contributed by atoms with Crippen LogP contribution in [0, 0.1) is 0 Å². The number of allylic oxidation sites excluding steroid dienone is 3. The minimum absolute atomic E-state index is 0.0972. The van der Waals surface area contributed by atoms with Crippen LogP contribution >= 0.6 is 0 Å². The molecule has 0 saturated carbocycles. The van der Waals surface area contributed by atoms with Crippen LogP contribution in [0.2, 0.25) is 0 Å². The predicted molar refractivity (Wildman–Crippen MR) is 68.4 cm³/mol. The van der Waals surface area contributed by atoms with Crippen molar-refractivity contribution in [3.63, 3.8) is 0 Å². The summed E-state index contributed by atoms with van der Waals surface area (Å²) < 4.78 is 5.52. The SMILES string of the molecule is O=C(OC1=CCCCCC1)C1=CCCCCC1. The summed E-state index contributed by atoms with van der Waals surface area (Å²) in [5, 5.41) is 0. The number of hydrogen-bond donors (Lipinski definition) is 0. The van der Waals surface area contributed by atoms with E-state index >= 15 is 0 Å². The largest absolute Gasteiger partial charge is 0.428 e. The van der Waals surface area contributed by atoms with Crippen LogP contribution in [0.5, 0.6) is 0 Å². The van der Waals surface area contributed by atoms with Gasteiger partial charge in [-0.15, -0.1) is 0 Å². The lowest BCUT2D eigenvalue weighted by molar-refractivity contribution is -0.135. The molecule has 0 bridgehead atoms. The molecule has 0 aliphatic heterocycles. The van der Waals surface area contributed by atoms with Crippen LogP contribution in [0.3, 0.4) is 0 Å². The van der Waals surface area contributed by atoms with Crippen molar-refractivity contribution in [3.8, 4) is 0 Å². The Morgan fingerprint density at radius 1 is 0.882 bits per heavy atom. The van der Waals surface area contributed by atoms with Gasteiger partial charge in [-0.05, 0) is 51.0 Å². The van der Waals surface area contributed by atoms with Gasteiger partial charge in [-0.2, -0.15) is 0 Å². The van der Waals surface area contributed by atoms with Gasteiger partial charge in [-0.25, -0.2) is 4.79 Å². The average molecular weight is 234 g/mol. The van der Waals surface area contributed by atoms with E-state index in [4.69, 9.17) is 4.74 Å². The number of ether oxygens (including phenoxy) is 1. The number of carbonyl (C=O) groups is 1. The van der Waals surface area contributed by atoms with Gasteiger partial charge in [0.1, 0.15) is 5.76 Å². The molecule has 0 N–H and O–H groups in total. The molecule has 2 nitrogen and oxygen atoms in total. The molecular weight excluding hydrogens is 212 g/mol. The minimum Gasteiger partial charge on any atom is -0.428 e. The molecule has 17 heavy (non-hydrogen) atoms. The van der Waals surface area contributed by atoms with Gasteiger partial charge in [0.05, 0.1) is 0 Å². The van der Waals surface area contributed by atoms with Crippen molar-refractivity contribution < 1.29 is 9.53 Å². The summed E-state index contributed by atoms with van der Waals surface area (Å²) in [5.41, 5.74) is 0.896. The fraction of sp³-hybridized carbons (Fsp3) is 0.667. The summed E-state index contributed by atoms with van der Waals surface area (Å²) in [6, 6.07) is 0. The molecule has 0 saturated heterocycles. The highest BCUT2D eigenvalue weighted by Crippen LogP contribution is 2.22. The first-order chi connectivity index (χ1) is 8.36. The van der Waals surface area contributed by atoms with Crippen LogP contribution in [-0.2, 0) is 9.53 Å². The van der Waals surface area contributed by atoms with Gasteiger partial charge < -0.3 is 4.74 Å². The zero-order valence-electron chi connectivity index (χ0n) is 10.5. The van der Waals surface area contributed by atoms with E-state index in [-0.39, 0.29) is 5.97 Å². The average Bonchev–Trinajstić information content (AvgIpc) is 2.72. The van der Waals surface area contributed by atoms with E-state index < -0.39 is 0 Å². The van der Waals surface area contributed by atoms with Gasteiger partial charge in [0, 0.05) is 12.0 Å². The maximum atomic E-state index is 12.0. The molecule has 2 aliphatic rings. The zero-order valence-corrected chi connectivity index (χ0v) is 10.5. The van der Waals surface area contributed by atoms with E-state index in [1.165, 1.54) is 25.7 Å². The summed E-state index contributed by atoms with van der Waals surface area (Å²) >= 11 is 0.